The number of nitrogens with zero attached hydrogens (tertiary/aromatic N) is 3. The van der Waals surface area contributed by atoms with Crippen molar-refractivity contribution in [2.24, 2.45) is 0 Å². The number of sulfonamides is 1. The van der Waals surface area contributed by atoms with Crippen LogP contribution >= 0.6 is 0 Å². The van der Waals surface area contributed by atoms with Crippen LogP contribution in [0.1, 0.15) is 0 Å². The molecule has 0 bridgehead atoms. The predicted molar refractivity (Wildman–Crippen MR) is 102 cm³/mol. The molecule has 0 aliphatic carbocycles. The molecule has 7 heteroatoms. The summed E-state index contributed by atoms with van der Waals surface area (Å²) in [6, 6.07) is 13.3. The molecule has 0 saturated carbocycles. The van der Waals surface area contributed by atoms with Crippen molar-refractivity contribution in [2.45, 2.75) is 0 Å². The van der Waals surface area contributed by atoms with Crippen LogP contribution in [0.4, 0.5) is 5.69 Å². The molecule has 1 N–H and O–H groups in total. The van der Waals surface area contributed by atoms with Crippen LogP contribution in [0.15, 0.2) is 73.6 Å². The van der Waals surface area contributed by atoms with E-state index >= 15 is 0 Å². The van der Waals surface area contributed by atoms with E-state index in [9.17, 15) is 8.76 Å². The standard InChI is InChI=1S/C19H16N4O2S/c1-26(24,25)22-17-6-2-4-14(8-17)16-9-18(15-5-3-7-20-10-15)19-11-21-13-23(19)12-16/h2-13H,1H3,(H-,22,24,25). The SMILES string of the molecule is C[S+](=O)([O-])Nc1cccc(-c2cc(-c3cccnc3)c3cncn3c2)c1. The summed E-state index contributed by atoms with van der Waals surface area (Å²) in [5.41, 5.74) is 5.36. The Kier molecular flexibility index (Phi) is 4.02. The molecule has 0 radical (unpaired) electrons. The fraction of sp³-hybridized carbons (Fsp3) is 0.0526. The van der Waals surface area contributed by atoms with E-state index in [4.69, 9.17) is 0 Å². The molecule has 3 heterocycles. The van der Waals surface area contributed by atoms with Crippen LogP contribution in [0.5, 0.6) is 0 Å². The minimum Gasteiger partial charge on any atom is -0.593 e. The topological polar surface area (TPSA) is 82.3 Å². The summed E-state index contributed by atoms with van der Waals surface area (Å²) in [6.45, 7) is 0. The van der Waals surface area contributed by atoms with Gasteiger partial charge in [-0.05, 0) is 35.4 Å². The van der Waals surface area contributed by atoms with Crippen molar-refractivity contribution in [1.29, 1.82) is 0 Å². The molecule has 0 aliphatic heterocycles. The molecule has 1 unspecified atom stereocenters. The molecule has 0 spiro atoms. The lowest BCUT2D eigenvalue weighted by atomic mass is 10.0. The molecule has 130 valence electrons. The highest BCUT2D eigenvalue weighted by molar-refractivity contribution is 7.98. The van der Waals surface area contributed by atoms with Gasteiger partial charge in [0.15, 0.2) is 0 Å². The zero-order chi connectivity index (χ0) is 18.1. The van der Waals surface area contributed by atoms with Gasteiger partial charge in [-0.15, -0.1) is 0 Å². The van der Waals surface area contributed by atoms with E-state index in [0.717, 1.165) is 34.0 Å². The van der Waals surface area contributed by atoms with Crippen LogP contribution in [0, 0.1) is 0 Å². The molecule has 4 rings (SSSR count). The van der Waals surface area contributed by atoms with Gasteiger partial charge in [-0.2, -0.15) is 0 Å². The highest BCUT2D eigenvalue weighted by Gasteiger charge is 2.11. The average molecular weight is 364 g/mol. The van der Waals surface area contributed by atoms with Gasteiger partial charge in [0, 0.05) is 29.7 Å². The summed E-state index contributed by atoms with van der Waals surface area (Å²) in [6.07, 6.45) is 10.2. The summed E-state index contributed by atoms with van der Waals surface area (Å²) in [5.74, 6) is 0. The Labute approximate surface area is 151 Å². The smallest absolute Gasteiger partial charge is 0.142 e. The Bertz CT molecular complexity index is 1120. The lowest BCUT2D eigenvalue weighted by molar-refractivity contribution is 0.490. The summed E-state index contributed by atoms with van der Waals surface area (Å²) in [5, 5.41) is 0. The first kappa shape index (κ1) is 16.4. The largest absolute Gasteiger partial charge is 0.593 e. The van der Waals surface area contributed by atoms with Crippen molar-refractivity contribution in [3.05, 3.63) is 73.6 Å². The van der Waals surface area contributed by atoms with E-state index in [-0.39, 0.29) is 0 Å². The Morgan fingerprint density at radius 2 is 1.88 bits per heavy atom. The van der Waals surface area contributed by atoms with E-state index in [1.165, 1.54) is 0 Å². The molecule has 0 fully saturated rings. The molecule has 0 aliphatic rings. The lowest BCUT2D eigenvalue weighted by Gasteiger charge is -2.13. The molecule has 26 heavy (non-hydrogen) atoms. The first-order valence-corrected chi connectivity index (χ1v) is 9.83. The molecule has 3 aromatic heterocycles. The number of hydrogen-bond acceptors (Lipinski definition) is 4. The van der Waals surface area contributed by atoms with Gasteiger partial charge >= 0.3 is 0 Å². The number of benzene rings is 1. The second kappa shape index (κ2) is 6.36. The number of fused-ring (bicyclic) bond motifs is 1. The van der Waals surface area contributed by atoms with Gasteiger partial charge in [-0.25, -0.2) is 9.71 Å². The van der Waals surface area contributed by atoms with Gasteiger partial charge in [-0.1, -0.05) is 22.4 Å². The van der Waals surface area contributed by atoms with Crippen LogP contribution in [0.25, 0.3) is 27.8 Å². The number of pyridine rings is 2. The van der Waals surface area contributed by atoms with E-state index in [1.54, 1.807) is 18.6 Å². The van der Waals surface area contributed by atoms with E-state index in [2.05, 4.69) is 20.8 Å². The maximum Gasteiger partial charge on any atom is 0.142 e. The Balaban J connectivity index is 1.85. The van der Waals surface area contributed by atoms with Crippen LogP contribution < -0.4 is 4.72 Å². The van der Waals surface area contributed by atoms with Gasteiger partial charge in [0.05, 0.1) is 23.7 Å². The summed E-state index contributed by atoms with van der Waals surface area (Å²) in [7, 11) is -3.33. The zero-order valence-electron chi connectivity index (χ0n) is 14.0. The third kappa shape index (κ3) is 3.35. The van der Waals surface area contributed by atoms with Crippen LogP contribution in [-0.4, -0.2) is 25.2 Å². The maximum absolute atomic E-state index is 11.5. The predicted octanol–water partition coefficient (Wildman–Crippen LogP) is 3.65. The maximum atomic E-state index is 11.5. The Hall–Kier alpha value is -3.03. The highest BCUT2D eigenvalue weighted by Crippen LogP contribution is 2.31. The van der Waals surface area contributed by atoms with Crippen molar-refractivity contribution in [3.8, 4) is 22.3 Å². The van der Waals surface area contributed by atoms with Crippen molar-refractivity contribution < 1.29 is 8.76 Å². The minimum atomic E-state index is -3.33. The van der Waals surface area contributed by atoms with Crippen LogP contribution in [0.2, 0.25) is 0 Å². The zero-order valence-corrected chi connectivity index (χ0v) is 14.8. The number of anilines is 1. The first-order chi connectivity index (χ1) is 12.5. The van der Waals surface area contributed by atoms with E-state index < -0.39 is 10.4 Å². The number of rotatable bonds is 4. The summed E-state index contributed by atoms with van der Waals surface area (Å²) >= 11 is 0. The molecular weight excluding hydrogens is 348 g/mol. The number of aromatic nitrogens is 3. The third-order valence-corrected chi connectivity index (χ3v) is 4.60. The monoisotopic (exact) mass is 364 g/mol. The fourth-order valence-electron chi connectivity index (χ4n) is 2.92. The number of hydrogen-bond donors (Lipinski definition) is 1. The highest BCUT2D eigenvalue weighted by atomic mass is 32.3. The number of nitrogens with one attached hydrogen (secondary N) is 1. The van der Waals surface area contributed by atoms with Gasteiger partial charge in [0.2, 0.25) is 0 Å². The Morgan fingerprint density at radius 3 is 2.65 bits per heavy atom. The van der Waals surface area contributed by atoms with Gasteiger partial charge < -0.3 is 8.95 Å². The van der Waals surface area contributed by atoms with Crippen molar-refractivity contribution in [1.82, 2.24) is 14.4 Å². The van der Waals surface area contributed by atoms with Gasteiger partial charge in [0.1, 0.15) is 16.7 Å². The number of imidazole rings is 1. The quantitative estimate of drug-likeness (QED) is 0.560. The minimum absolute atomic E-state index is 0.527. The van der Waals surface area contributed by atoms with E-state index in [1.807, 2.05) is 53.3 Å². The Morgan fingerprint density at radius 1 is 1.04 bits per heavy atom. The normalized spacial score (nSPS) is 13.5. The second-order valence-corrected chi connectivity index (χ2v) is 7.77. The molecule has 1 atom stereocenters. The first-order valence-electron chi connectivity index (χ1n) is 7.94. The van der Waals surface area contributed by atoms with Crippen molar-refractivity contribution in [3.63, 3.8) is 0 Å². The molecule has 0 saturated heterocycles. The van der Waals surface area contributed by atoms with Crippen molar-refractivity contribution in [2.75, 3.05) is 11.0 Å². The summed E-state index contributed by atoms with van der Waals surface area (Å²) < 4.78 is 27.5. The average Bonchev–Trinajstić information content (AvgIpc) is 3.09. The molecule has 1 aromatic carbocycles. The molecule has 6 nitrogen and oxygen atoms in total. The second-order valence-electron chi connectivity index (χ2n) is 6.03. The molecular formula is C19H16N4O2S. The van der Waals surface area contributed by atoms with Crippen molar-refractivity contribution >= 4 is 21.6 Å². The van der Waals surface area contributed by atoms with Crippen LogP contribution in [0.3, 0.4) is 0 Å². The van der Waals surface area contributed by atoms with Gasteiger partial charge in [0.25, 0.3) is 0 Å². The molecule has 4 aromatic rings. The van der Waals surface area contributed by atoms with Gasteiger partial charge in [-0.3, -0.25) is 4.98 Å². The van der Waals surface area contributed by atoms with E-state index in [0.29, 0.717) is 5.69 Å². The lowest BCUT2D eigenvalue weighted by Crippen LogP contribution is -2.17. The summed E-state index contributed by atoms with van der Waals surface area (Å²) in [4.78, 5) is 8.44. The van der Waals surface area contributed by atoms with Crippen LogP contribution in [-0.2, 0) is 14.6 Å². The fourth-order valence-corrected chi connectivity index (χ4v) is 3.48. The molecule has 0 amide bonds. The third-order valence-electron chi connectivity index (χ3n) is 3.99.